The summed E-state index contributed by atoms with van der Waals surface area (Å²) in [6, 6.07) is 11.9. The summed E-state index contributed by atoms with van der Waals surface area (Å²) in [6.45, 7) is 0. The quantitative estimate of drug-likeness (QED) is 0.506. The number of ether oxygens (including phenoxy) is 2. The highest BCUT2D eigenvalue weighted by atomic mass is 19.2. The Hall–Kier alpha value is -3.62. The van der Waals surface area contributed by atoms with Gasteiger partial charge in [-0.15, -0.1) is 0 Å². The Bertz CT molecular complexity index is 1000. The summed E-state index contributed by atoms with van der Waals surface area (Å²) in [5, 5.41) is 2.61. The maximum absolute atomic E-state index is 13.6. The number of carbonyl (C=O) groups excluding carboxylic acids is 1. The average Bonchev–Trinajstić information content (AvgIpc) is 2.71. The van der Waals surface area contributed by atoms with Crippen LogP contribution in [-0.2, 0) is 0 Å². The van der Waals surface area contributed by atoms with Crippen molar-refractivity contribution in [2.45, 2.75) is 0 Å². The zero-order valence-electron chi connectivity index (χ0n) is 14.3. The first-order valence-electron chi connectivity index (χ1n) is 7.83. The molecule has 144 valence electrons. The third kappa shape index (κ3) is 3.88. The van der Waals surface area contributed by atoms with Gasteiger partial charge in [-0.2, -0.15) is 22.5 Å². The van der Waals surface area contributed by atoms with E-state index < -0.39 is 35.2 Å². The fraction of sp³-hybridized carbons (Fsp3) is 0.0526. The van der Waals surface area contributed by atoms with Crippen LogP contribution < -0.4 is 14.8 Å². The van der Waals surface area contributed by atoms with Gasteiger partial charge in [0.2, 0.25) is 17.4 Å². The van der Waals surface area contributed by atoms with Gasteiger partial charge in [-0.25, -0.2) is 0 Å². The molecular weight excluding hydrogens is 380 g/mol. The van der Waals surface area contributed by atoms with Crippen LogP contribution in [0.15, 0.2) is 48.5 Å². The SMILES string of the molecule is COc1ccccc1C(=O)Nc1ccc(Oc2c(F)c(F)nc(F)c2F)cc1. The number of hydrogen-bond acceptors (Lipinski definition) is 4. The van der Waals surface area contributed by atoms with Crippen LogP contribution in [0.3, 0.4) is 0 Å². The van der Waals surface area contributed by atoms with Crippen molar-refractivity contribution in [1.29, 1.82) is 0 Å². The number of methoxy groups -OCH3 is 1. The molecule has 0 spiro atoms. The van der Waals surface area contributed by atoms with E-state index in [9.17, 15) is 22.4 Å². The van der Waals surface area contributed by atoms with E-state index in [4.69, 9.17) is 9.47 Å². The van der Waals surface area contributed by atoms with Gasteiger partial charge in [-0.05, 0) is 36.4 Å². The van der Waals surface area contributed by atoms with E-state index in [1.54, 1.807) is 24.3 Å². The number of carbonyl (C=O) groups is 1. The van der Waals surface area contributed by atoms with Crippen LogP contribution in [0.2, 0.25) is 0 Å². The predicted molar refractivity (Wildman–Crippen MR) is 91.5 cm³/mol. The van der Waals surface area contributed by atoms with Gasteiger partial charge >= 0.3 is 0 Å². The van der Waals surface area contributed by atoms with Crippen molar-refractivity contribution >= 4 is 11.6 Å². The molecule has 0 saturated carbocycles. The summed E-state index contributed by atoms with van der Waals surface area (Å²) in [7, 11) is 1.43. The molecular formula is C19H12F4N2O3. The van der Waals surface area contributed by atoms with E-state index in [0.717, 1.165) is 0 Å². The standard InChI is InChI=1S/C19H12F4N2O3/c1-27-13-5-3-2-4-12(13)19(26)24-10-6-8-11(9-7-10)28-16-14(20)17(22)25-18(23)15(16)21/h2-9H,1H3,(H,24,26). The molecule has 0 aliphatic carbocycles. The second-order valence-corrected chi connectivity index (χ2v) is 5.43. The number of benzene rings is 2. The fourth-order valence-electron chi connectivity index (χ4n) is 2.31. The van der Waals surface area contributed by atoms with Gasteiger partial charge in [0.1, 0.15) is 11.5 Å². The van der Waals surface area contributed by atoms with Crippen LogP contribution in [0.4, 0.5) is 23.2 Å². The monoisotopic (exact) mass is 392 g/mol. The van der Waals surface area contributed by atoms with Gasteiger partial charge in [0.15, 0.2) is 0 Å². The molecule has 3 rings (SSSR count). The molecule has 9 heteroatoms. The van der Waals surface area contributed by atoms with E-state index >= 15 is 0 Å². The Morgan fingerprint density at radius 1 is 0.929 bits per heavy atom. The van der Waals surface area contributed by atoms with Crippen molar-refractivity contribution in [1.82, 2.24) is 4.98 Å². The average molecular weight is 392 g/mol. The maximum atomic E-state index is 13.6. The van der Waals surface area contributed by atoms with Crippen molar-refractivity contribution < 1.29 is 31.8 Å². The van der Waals surface area contributed by atoms with E-state index in [0.29, 0.717) is 17.0 Å². The molecule has 0 aliphatic heterocycles. The van der Waals surface area contributed by atoms with E-state index in [-0.39, 0.29) is 5.75 Å². The topological polar surface area (TPSA) is 60.5 Å². The van der Waals surface area contributed by atoms with E-state index in [2.05, 4.69) is 10.3 Å². The third-order valence-corrected chi connectivity index (χ3v) is 3.64. The van der Waals surface area contributed by atoms with Gasteiger partial charge in [0, 0.05) is 5.69 Å². The van der Waals surface area contributed by atoms with Crippen LogP contribution in [-0.4, -0.2) is 18.0 Å². The summed E-state index contributed by atoms with van der Waals surface area (Å²) in [5.74, 6) is -8.59. The van der Waals surface area contributed by atoms with Crippen LogP contribution in [0.25, 0.3) is 0 Å². The Kier molecular flexibility index (Phi) is 5.44. The normalized spacial score (nSPS) is 10.5. The minimum atomic E-state index is -1.82. The number of nitrogens with zero attached hydrogens (tertiary/aromatic N) is 1. The zero-order chi connectivity index (χ0) is 20.3. The van der Waals surface area contributed by atoms with Gasteiger partial charge in [-0.3, -0.25) is 4.79 Å². The molecule has 28 heavy (non-hydrogen) atoms. The van der Waals surface area contributed by atoms with Gasteiger partial charge in [0.25, 0.3) is 17.8 Å². The Morgan fingerprint density at radius 2 is 1.54 bits per heavy atom. The lowest BCUT2D eigenvalue weighted by Gasteiger charge is -2.11. The summed E-state index contributed by atoms with van der Waals surface area (Å²) < 4.78 is 63.4. The van der Waals surface area contributed by atoms with Gasteiger partial charge in [-0.1, -0.05) is 12.1 Å². The van der Waals surface area contributed by atoms with E-state index in [1.807, 2.05) is 0 Å². The molecule has 0 radical (unpaired) electrons. The first-order valence-corrected chi connectivity index (χ1v) is 7.83. The minimum Gasteiger partial charge on any atom is -0.496 e. The molecule has 1 heterocycles. The summed E-state index contributed by atoms with van der Waals surface area (Å²) >= 11 is 0. The van der Waals surface area contributed by atoms with Crippen LogP contribution in [0, 0.1) is 23.5 Å². The molecule has 5 nitrogen and oxygen atoms in total. The lowest BCUT2D eigenvalue weighted by molar-refractivity contribution is 0.102. The number of amides is 1. The molecule has 0 fully saturated rings. The molecule has 0 aliphatic rings. The molecule has 0 bridgehead atoms. The smallest absolute Gasteiger partial charge is 0.259 e. The molecule has 1 amide bonds. The first-order chi connectivity index (χ1) is 13.4. The predicted octanol–water partition coefficient (Wildman–Crippen LogP) is 4.69. The van der Waals surface area contributed by atoms with Crippen molar-refractivity contribution in [3.05, 3.63) is 77.6 Å². The highest BCUT2D eigenvalue weighted by Gasteiger charge is 2.23. The van der Waals surface area contributed by atoms with Gasteiger partial charge in [0.05, 0.1) is 12.7 Å². The third-order valence-electron chi connectivity index (χ3n) is 3.64. The number of hydrogen-bond donors (Lipinski definition) is 1. The van der Waals surface area contributed by atoms with Crippen molar-refractivity contribution in [3.8, 4) is 17.2 Å². The lowest BCUT2D eigenvalue weighted by atomic mass is 10.2. The van der Waals surface area contributed by atoms with Crippen molar-refractivity contribution in [2.75, 3.05) is 12.4 Å². The summed E-state index contributed by atoms with van der Waals surface area (Å²) in [4.78, 5) is 14.8. The molecule has 1 N–H and O–H groups in total. The summed E-state index contributed by atoms with van der Waals surface area (Å²) in [5.41, 5.74) is 0.647. The van der Waals surface area contributed by atoms with Crippen LogP contribution in [0.5, 0.6) is 17.2 Å². The number of pyridine rings is 1. The van der Waals surface area contributed by atoms with Crippen molar-refractivity contribution in [3.63, 3.8) is 0 Å². The maximum Gasteiger partial charge on any atom is 0.259 e. The number of para-hydroxylation sites is 1. The van der Waals surface area contributed by atoms with Gasteiger partial charge < -0.3 is 14.8 Å². The molecule has 2 aromatic carbocycles. The van der Waals surface area contributed by atoms with Crippen LogP contribution >= 0.6 is 0 Å². The second kappa shape index (κ2) is 7.95. The Labute approximate surface area is 156 Å². The number of halogens is 4. The Balaban J connectivity index is 1.77. The number of nitrogens with one attached hydrogen (secondary N) is 1. The fourth-order valence-corrected chi connectivity index (χ4v) is 2.31. The molecule has 0 unspecified atom stereocenters. The van der Waals surface area contributed by atoms with Crippen molar-refractivity contribution in [2.24, 2.45) is 0 Å². The largest absolute Gasteiger partial charge is 0.496 e. The molecule has 0 atom stereocenters. The van der Waals surface area contributed by atoms with E-state index in [1.165, 1.54) is 31.4 Å². The highest BCUT2D eigenvalue weighted by Crippen LogP contribution is 2.30. The molecule has 0 saturated heterocycles. The molecule has 1 aromatic heterocycles. The first kappa shape index (κ1) is 19.2. The zero-order valence-corrected chi connectivity index (χ0v) is 14.3. The number of rotatable bonds is 5. The lowest BCUT2D eigenvalue weighted by Crippen LogP contribution is -2.13. The highest BCUT2D eigenvalue weighted by molar-refractivity contribution is 6.06. The van der Waals surface area contributed by atoms with Crippen LogP contribution in [0.1, 0.15) is 10.4 Å². The molecule has 3 aromatic rings. The number of anilines is 1. The minimum absolute atomic E-state index is 0.113. The number of aromatic nitrogens is 1. The second-order valence-electron chi connectivity index (χ2n) is 5.43. The summed E-state index contributed by atoms with van der Waals surface area (Å²) in [6.07, 6.45) is 0. The Morgan fingerprint density at radius 3 is 2.14 bits per heavy atom.